The van der Waals surface area contributed by atoms with E-state index in [9.17, 15) is 38.7 Å². The van der Waals surface area contributed by atoms with Gasteiger partial charge in [-0.15, -0.1) is 0 Å². The molecule has 374 valence electrons. The molecule has 4 fully saturated rings. The molecule has 4 aliphatic carbocycles. The van der Waals surface area contributed by atoms with Crippen molar-refractivity contribution in [3.05, 3.63) is 53.6 Å². The number of benzene rings is 1. The van der Waals surface area contributed by atoms with Crippen LogP contribution in [0.4, 0.5) is 19.7 Å². The highest BCUT2D eigenvalue weighted by atomic mass is 19.1. The van der Waals surface area contributed by atoms with Crippen LogP contribution in [0.2, 0.25) is 0 Å². The number of nitrogens with two attached hydrogens (primary N) is 2. The summed E-state index contributed by atoms with van der Waals surface area (Å²) in [5.74, 6) is -3.69. The number of carbonyl (C=O) groups excluding carboxylic acids is 7. The van der Waals surface area contributed by atoms with E-state index in [0.29, 0.717) is 42.5 Å². The van der Waals surface area contributed by atoms with E-state index < -0.39 is 113 Å². The average molecular weight is 954 g/mol. The number of primary amides is 1. The molecule has 6 amide bonds. The minimum atomic E-state index is -2.11. The molecule has 1 unspecified atom stereocenters. The quantitative estimate of drug-likeness (QED) is 0.0690. The predicted molar refractivity (Wildman–Crippen MR) is 244 cm³/mol. The van der Waals surface area contributed by atoms with Crippen molar-refractivity contribution in [1.82, 2.24) is 21.3 Å². The van der Waals surface area contributed by atoms with Crippen LogP contribution in [-0.2, 0) is 49.5 Å². The first-order valence-electron chi connectivity index (χ1n) is 23.5. The lowest BCUT2D eigenvalue weighted by molar-refractivity contribution is -0.234. The summed E-state index contributed by atoms with van der Waals surface area (Å²) in [7, 11) is 0. The number of aliphatic hydroxyl groups excluding tert-OH is 1. The van der Waals surface area contributed by atoms with Gasteiger partial charge in [0, 0.05) is 29.0 Å². The lowest BCUT2D eigenvalue weighted by Crippen LogP contribution is -2.70. The number of allylic oxidation sites excluding steroid dienone is 4. The number of ketones is 2. The van der Waals surface area contributed by atoms with Gasteiger partial charge in [-0.2, -0.15) is 0 Å². The maximum absolute atomic E-state index is 17.9. The Morgan fingerprint density at radius 2 is 1.74 bits per heavy atom. The minimum absolute atomic E-state index is 0.0886. The molecule has 1 saturated heterocycles. The van der Waals surface area contributed by atoms with Crippen molar-refractivity contribution in [2.24, 2.45) is 46.0 Å². The number of fused-ring (bicyclic) bond motifs is 7. The van der Waals surface area contributed by atoms with E-state index in [1.165, 1.54) is 12.2 Å². The second-order valence-corrected chi connectivity index (χ2v) is 19.6. The fourth-order valence-corrected chi connectivity index (χ4v) is 11.4. The third kappa shape index (κ3) is 10.2. The van der Waals surface area contributed by atoms with Gasteiger partial charge in [0.05, 0.1) is 18.2 Å². The van der Waals surface area contributed by atoms with Gasteiger partial charge in [-0.1, -0.05) is 64.8 Å². The molecule has 1 aliphatic heterocycles. The number of hydrogen-bond donors (Lipinski definition) is 8. The van der Waals surface area contributed by atoms with Crippen molar-refractivity contribution in [2.45, 2.75) is 135 Å². The Morgan fingerprint density at radius 3 is 2.41 bits per heavy atom. The summed E-state index contributed by atoms with van der Waals surface area (Å²) in [4.78, 5) is 88.8. The Bertz CT molecular complexity index is 2160. The molecule has 20 heteroatoms. The summed E-state index contributed by atoms with van der Waals surface area (Å²) in [5, 5.41) is 24.6. The second-order valence-electron chi connectivity index (χ2n) is 19.6. The Labute approximate surface area is 395 Å². The third-order valence-electron chi connectivity index (χ3n) is 14.9. The molecule has 19 nitrogen and oxygen atoms in total. The highest BCUT2D eigenvalue weighted by Crippen LogP contribution is 2.72. The number of carbonyl (C=O) groups is 7. The molecular formula is C48H68FN7O12. The van der Waals surface area contributed by atoms with Gasteiger partial charge in [0.1, 0.15) is 32.5 Å². The summed E-state index contributed by atoms with van der Waals surface area (Å²) >= 11 is 0. The van der Waals surface area contributed by atoms with Crippen LogP contribution in [0.5, 0.6) is 0 Å². The molecule has 6 rings (SSSR count). The lowest BCUT2D eigenvalue weighted by Gasteiger charge is -2.63. The Hall–Kier alpha value is -5.28. The van der Waals surface area contributed by atoms with E-state index in [4.69, 9.17) is 30.4 Å². The number of anilines is 1. The predicted octanol–water partition coefficient (Wildman–Crippen LogP) is 2.93. The molecule has 68 heavy (non-hydrogen) atoms. The van der Waals surface area contributed by atoms with Crippen molar-refractivity contribution in [2.75, 3.05) is 31.7 Å². The summed E-state index contributed by atoms with van der Waals surface area (Å²) in [6.45, 7) is 9.82. The van der Waals surface area contributed by atoms with Crippen LogP contribution in [0, 0.1) is 34.5 Å². The maximum atomic E-state index is 17.9. The highest BCUT2D eigenvalue weighted by molar-refractivity contribution is 6.01. The second kappa shape index (κ2) is 21.2. The molecule has 1 aromatic carbocycles. The number of nitrogens with one attached hydrogen (secondary N) is 5. The molecule has 5 aliphatic rings. The number of halogens is 1. The molecule has 0 spiro atoms. The van der Waals surface area contributed by atoms with Crippen molar-refractivity contribution >= 4 is 47.1 Å². The van der Waals surface area contributed by atoms with E-state index in [0.717, 1.165) is 6.42 Å². The Balaban J connectivity index is 0.974. The van der Waals surface area contributed by atoms with Crippen molar-refractivity contribution in [3.63, 3.8) is 0 Å². The van der Waals surface area contributed by atoms with Gasteiger partial charge in [0.25, 0.3) is 0 Å². The van der Waals surface area contributed by atoms with E-state index in [1.54, 1.807) is 51.1 Å². The largest absolute Gasteiger partial charge is 0.445 e. The monoisotopic (exact) mass is 953 g/mol. The number of aliphatic hydroxyl groups is 1. The van der Waals surface area contributed by atoms with Crippen molar-refractivity contribution in [3.8, 4) is 0 Å². The molecule has 3 saturated carbocycles. The van der Waals surface area contributed by atoms with Crippen LogP contribution in [0.1, 0.15) is 92.1 Å². The average Bonchev–Trinajstić information content (AvgIpc) is 3.77. The molecule has 0 radical (unpaired) electrons. The van der Waals surface area contributed by atoms with Crippen LogP contribution in [0.25, 0.3) is 0 Å². The summed E-state index contributed by atoms with van der Waals surface area (Å²) in [6.07, 6.45) is 3.07. The van der Waals surface area contributed by atoms with Crippen LogP contribution in [0.3, 0.4) is 0 Å². The number of alkyl halides is 1. The van der Waals surface area contributed by atoms with Gasteiger partial charge in [-0.05, 0) is 93.1 Å². The fourth-order valence-electron chi connectivity index (χ4n) is 11.4. The molecule has 10 N–H and O–H groups in total. The van der Waals surface area contributed by atoms with E-state index in [2.05, 4.69) is 26.6 Å². The zero-order chi connectivity index (χ0) is 49.8. The molecular weight excluding hydrogens is 886 g/mol. The summed E-state index contributed by atoms with van der Waals surface area (Å²) in [6, 6.07) is 3.89. The fraction of sp³-hybridized carbons (Fsp3) is 0.646. The summed E-state index contributed by atoms with van der Waals surface area (Å²) in [5.41, 5.74) is 6.77. The topological polar surface area (TPSA) is 289 Å². The first-order chi connectivity index (χ1) is 32.1. The smallest absolute Gasteiger partial charge is 0.407 e. The standard InChI is InChI=1S/C48H68FN7O12/c1-7-9-39-67-37-20-32-33-18-27(4)31-19-30(57)15-16-45(31,5)47(33,49)35(58)21-46(32,6)48(37,68-39)36(59)24-65-25-54-38(60)22-53-44(64)66-23-28-11-13-29(14-12-28)55-41(61)34(10-8-17-52-43(51)63)56-42(62)40(50)26(2)3/h11-16,19,26-27,32-35,37,39-40,58H,7-10,17-18,20-25,50H2,1-6H3,(H,53,64)(H,54,60)(H,55,61)(H,56,62)(H3,51,52,63)/t27-,32-,33-,34-,35-,37+,39?,40-,45-,46-,47-,48+/m0/s1. The number of Topliss-reactive ketones (excluding diaryl/α,β-unsaturated/α-hetero) is 1. The number of ether oxygens (including phenoxy) is 4. The lowest BCUT2D eigenvalue weighted by atomic mass is 9.43. The maximum Gasteiger partial charge on any atom is 0.407 e. The first kappa shape index (κ1) is 52.1. The van der Waals surface area contributed by atoms with Crippen molar-refractivity contribution < 1.29 is 62.0 Å². The molecule has 0 bridgehead atoms. The van der Waals surface area contributed by atoms with Gasteiger partial charge in [0.15, 0.2) is 29.1 Å². The van der Waals surface area contributed by atoms with Crippen LogP contribution < -0.4 is 38.1 Å². The van der Waals surface area contributed by atoms with Gasteiger partial charge in [-0.3, -0.25) is 24.0 Å². The minimum Gasteiger partial charge on any atom is -0.445 e. The molecule has 1 heterocycles. The number of amides is 6. The molecule has 0 aromatic heterocycles. The van der Waals surface area contributed by atoms with Crippen LogP contribution in [0.15, 0.2) is 48.1 Å². The molecule has 12 atom stereocenters. The van der Waals surface area contributed by atoms with Crippen LogP contribution >= 0.6 is 0 Å². The van der Waals surface area contributed by atoms with Gasteiger partial charge >= 0.3 is 12.1 Å². The number of alkyl carbamates (subject to hydrolysis) is 1. The third-order valence-corrected chi connectivity index (χ3v) is 14.9. The number of urea groups is 1. The zero-order valence-corrected chi connectivity index (χ0v) is 39.7. The first-order valence-corrected chi connectivity index (χ1v) is 23.5. The van der Waals surface area contributed by atoms with Crippen LogP contribution in [-0.4, -0.2) is 115 Å². The van der Waals surface area contributed by atoms with Gasteiger partial charge in [-0.25, -0.2) is 14.0 Å². The SMILES string of the molecule is CCCC1O[C@@H]2C[C@H]3[C@@H]4C[C@H](C)C5=CC(=O)C=C[C@]5(C)[C@@]4(F)[C@@H](O)C[C@]3(C)[C@]2(C(=O)COCNC(=O)CNC(=O)OCc2ccc(NC(=O)[C@H](CCCNC(N)=O)NC(=O)[C@@H](N)C(C)C)cc2)O1. The van der Waals surface area contributed by atoms with E-state index >= 15 is 4.39 Å². The van der Waals surface area contributed by atoms with Gasteiger partial charge in [0.2, 0.25) is 17.7 Å². The zero-order valence-electron chi connectivity index (χ0n) is 39.7. The summed E-state index contributed by atoms with van der Waals surface area (Å²) < 4.78 is 41.8. The van der Waals surface area contributed by atoms with E-state index in [1.807, 2.05) is 20.8 Å². The number of rotatable bonds is 20. The normalized spacial score (nSPS) is 32.0. The number of hydrogen-bond acceptors (Lipinski definition) is 13. The Morgan fingerprint density at radius 1 is 1.01 bits per heavy atom. The van der Waals surface area contributed by atoms with Gasteiger partial charge < -0.3 is 62.1 Å². The highest BCUT2D eigenvalue weighted by Gasteiger charge is 2.79. The Kier molecular flexibility index (Phi) is 16.2. The molecule has 1 aromatic rings. The van der Waals surface area contributed by atoms with E-state index in [-0.39, 0.29) is 50.3 Å². The van der Waals surface area contributed by atoms with Crippen molar-refractivity contribution in [1.29, 1.82) is 0 Å².